The van der Waals surface area contributed by atoms with E-state index in [1.54, 1.807) is 0 Å². The highest BCUT2D eigenvalue weighted by Crippen LogP contribution is 2.40. The molecule has 6 heteroatoms. The average molecular weight is 387 g/mol. The lowest BCUT2D eigenvalue weighted by Gasteiger charge is -2.38. The summed E-state index contributed by atoms with van der Waals surface area (Å²) in [4.78, 5) is 18.7. The summed E-state index contributed by atoms with van der Waals surface area (Å²) in [6.07, 6.45) is 0.733. The van der Waals surface area contributed by atoms with E-state index in [0.29, 0.717) is 0 Å². The van der Waals surface area contributed by atoms with E-state index in [-0.39, 0.29) is 18.5 Å². The average Bonchev–Trinajstić information content (AvgIpc) is 2.61. The molecule has 5 nitrogen and oxygen atoms in total. The first kappa shape index (κ1) is 16.7. The lowest BCUT2D eigenvalue weighted by molar-refractivity contribution is -0.121. The molecule has 0 saturated heterocycles. The Labute approximate surface area is 149 Å². The Hall–Kier alpha value is -2.18. The summed E-state index contributed by atoms with van der Waals surface area (Å²) in [5, 5.41) is 0. The van der Waals surface area contributed by atoms with Gasteiger partial charge in [-0.25, -0.2) is 10.8 Å². The minimum absolute atomic E-state index is 0.0801. The van der Waals surface area contributed by atoms with Crippen LogP contribution in [0, 0.1) is 0 Å². The van der Waals surface area contributed by atoms with Crippen molar-refractivity contribution in [1.29, 1.82) is 0 Å². The van der Waals surface area contributed by atoms with Gasteiger partial charge in [0.25, 0.3) is 5.91 Å². The second-order valence-corrected chi connectivity index (χ2v) is 6.51. The van der Waals surface area contributed by atoms with Crippen LogP contribution >= 0.6 is 15.9 Å². The van der Waals surface area contributed by atoms with E-state index in [1.807, 2.05) is 42.2 Å². The number of hydrazine groups is 1. The smallest absolute Gasteiger partial charge is 0.253 e. The largest absolute Gasteiger partial charge is 0.339 e. The molecule has 2 aromatic rings. The summed E-state index contributed by atoms with van der Waals surface area (Å²) in [7, 11) is 0. The van der Waals surface area contributed by atoms with Crippen LogP contribution < -0.4 is 11.3 Å². The standard InChI is InChI=1S/C18H19BrN4O/c1-2-16-21-15-9-8-13(19)10-14(15)18(12-6-4-3-5-7-12)23(16)11-17(24)22-20/h3-10,18H,2,11,20H2,1H3,(H,22,24). The number of nitrogens with two attached hydrogens (primary N) is 1. The molecule has 1 aliphatic heterocycles. The molecular formula is C18H19BrN4O. The zero-order valence-corrected chi connectivity index (χ0v) is 15.0. The molecule has 0 aromatic heterocycles. The van der Waals surface area contributed by atoms with Crippen molar-refractivity contribution in [1.82, 2.24) is 10.3 Å². The van der Waals surface area contributed by atoms with Crippen molar-refractivity contribution in [3.05, 3.63) is 64.1 Å². The van der Waals surface area contributed by atoms with Crippen molar-refractivity contribution in [3.8, 4) is 0 Å². The highest BCUT2D eigenvalue weighted by atomic mass is 79.9. The first-order valence-electron chi connectivity index (χ1n) is 7.82. The molecule has 3 N–H and O–H groups in total. The van der Waals surface area contributed by atoms with Crippen LogP contribution in [-0.4, -0.2) is 23.2 Å². The van der Waals surface area contributed by atoms with Crippen molar-refractivity contribution in [2.45, 2.75) is 19.4 Å². The first-order chi connectivity index (χ1) is 11.6. The van der Waals surface area contributed by atoms with Gasteiger partial charge in [-0.05, 0) is 23.8 Å². The molecule has 0 bridgehead atoms. The SMILES string of the molecule is CCC1=Nc2ccc(Br)cc2C(c2ccccc2)N1CC(=O)NN. The Morgan fingerprint density at radius 3 is 2.71 bits per heavy atom. The molecule has 0 radical (unpaired) electrons. The summed E-state index contributed by atoms with van der Waals surface area (Å²) < 4.78 is 0.987. The van der Waals surface area contributed by atoms with Gasteiger partial charge in [0.15, 0.2) is 0 Å². The van der Waals surface area contributed by atoms with Crippen LogP contribution in [0.2, 0.25) is 0 Å². The van der Waals surface area contributed by atoms with Crippen LogP contribution in [0.3, 0.4) is 0 Å². The van der Waals surface area contributed by atoms with Crippen LogP contribution in [-0.2, 0) is 4.79 Å². The molecule has 0 spiro atoms. The molecule has 0 saturated carbocycles. The van der Waals surface area contributed by atoms with Gasteiger partial charge in [0.2, 0.25) is 0 Å². The van der Waals surface area contributed by atoms with Crippen LogP contribution in [0.1, 0.15) is 30.5 Å². The third-order valence-electron chi connectivity index (χ3n) is 4.08. The van der Waals surface area contributed by atoms with E-state index in [4.69, 9.17) is 10.8 Å². The Balaban J connectivity index is 2.16. The van der Waals surface area contributed by atoms with Gasteiger partial charge in [-0.15, -0.1) is 0 Å². The Bertz CT molecular complexity index is 776. The number of carbonyl (C=O) groups is 1. The monoisotopic (exact) mass is 386 g/mol. The molecule has 0 fully saturated rings. The molecule has 1 amide bonds. The predicted molar refractivity (Wildman–Crippen MR) is 98.8 cm³/mol. The molecule has 1 aliphatic rings. The number of nitrogens with zero attached hydrogens (tertiary/aromatic N) is 2. The fourth-order valence-electron chi connectivity index (χ4n) is 3.03. The number of hydrogen-bond acceptors (Lipinski definition) is 4. The number of aliphatic imine (C=N–C) groups is 1. The minimum Gasteiger partial charge on any atom is -0.339 e. The zero-order valence-electron chi connectivity index (χ0n) is 13.4. The van der Waals surface area contributed by atoms with E-state index in [9.17, 15) is 4.79 Å². The van der Waals surface area contributed by atoms with Gasteiger partial charge >= 0.3 is 0 Å². The number of halogens is 1. The molecule has 1 heterocycles. The summed E-state index contributed by atoms with van der Waals surface area (Å²) >= 11 is 3.54. The van der Waals surface area contributed by atoms with Gasteiger partial charge in [-0.1, -0.05) is 53.2 Å². The lowest BCUT2D eigenvalue weighted by Crippen LogP contribution is -2.45. The predicted octanol–water partition coefficient (Wildman–Crippen LogP) is 3.28. The van der Waals surface area contributed by atoms with E-state index in [0.717, 1.165) is 33.5 Å². The lowest BCUT2D eigenvalue weighted by atomic mass is 9.93. The second kappa shape index (κ2) is 7.15. The Kier molecular flexibility index (Phi) is 4.97. The Morgan fingerprint density at radius 1 is 1.29 bits per heavy atom. The molecule has 24 heavy (non-hydrogen) atoms. The number of nitrogens with one attached hydrogen (secondary N) is 1. The fraction of sp³-hybridized carbons (Fsp3) is 0.222. The van der Waals surface area contributed by atoms with E-state index in [1.165, 1.54) is 0 Å². The van der Waals surface area contributed by atoms with Gasteiger partial charge < -0.3 is 4.90 Å². The molecular weight excluding hydrogens is 368 g/mol. The van der Waals surface area contributed by atoms with Gasteiger partial charge in [0.05, 0.1) is 11.7 Å². The quantitative estimate of drug-likeness (QED) is 0.481. The van der Waals surface area contributed by atoms with Crippen LogP contribution in [0.15, 0.2) is 58.0 Å². The van der Waals surface area contributed by atoms with Gasteiger partial charge in [-0.3, -0.25) is 10.2 Å². The summed E-state index contributed by atoms with van der Waals surface area (Å²) in [5.41, 5.74) is 5.34. The molecule has 3 rings (SSSR count). The number of fused-ring (bicyclic) bond motifs is 1. The summed E-state index contributed by atoms with van der Waals surface area (Å²) in [6.45, 7) is 2.20. The molecule has 124 valence electrons. The molecule has 2 aromatic carbocycles. The molecule has 1 atom stereocenters. The number of benzene rings is 2. The van der Waals surface area contributed by atoms with Crippen molar-refractivity contribution in [2.24, 2.45) is 10.8 Å². The van der Waals surface area contributed by atoms with Crippen LogP contribution in [0.25, 0.3) is 0 Å². The number of amidine groups is 1. The third kappa shape index (κ3) is 3.20. The number of carbonyl (C=O) groups excluding carboxylic acids is 1. The van der Waals surface area contributed by atoms with Crippen molar-refractivity contribution in [2.75, 3.05) is 6.54 Å². The zero-order chi connectivity index (χ0) is 17.1. The topological polar surface area (TPSA) is 70.7 Å². The maximum absolute atomic E-state index is 12.0. The van der Waals surface area contributed by atoms with E-state index >= 15 is 0 Å². The number of rotatable bonds is 4. The minimum atomic E-state index is -0.240. The first-order valence-corrected chi connectivity index (χ1v) is 8.61. The van der Waals surface area contributed by atoms with Crippen LogP contribution in [0.4, 0.5) is 5.69 Å². The van der Waals surface area contributed by atoms with Gasteiger partial charge in [-0.2, -0.15) is 0 Å². The van der Waals surface area contributed by atoms with Crippen molar-refractivity contribution >= 4 is 33.4 Å². The molecule has 0 aliphatic carbocycles. The highest BCUT2D eigenvalue weighted by Gasteiger charge is 2.31. The fourth-order valence-corrected chi connectivity index (χ4v) is 3.41. The van der Waals surface area contributed by atoms with E-state index < -0.39 is 0 Å². The number of hydrogen-bond donors (Lipinski definition) is 2. The maximum Gasteiger partial charge on any atom is 0.253 e. The summed E-state index contributed by atoms with van der Waals surface area (Å²) in [6, 6.07) is 16.1. The summed E-state index contributed by atoms with van der Waals surface area (Å²) in [5.74, 6) is 5.94. The van der Waals surface area contributed by atoms with Gasteiger partial charge in [0, 0.05) is 16.5 Å². The molecule has 1 unspecified atom stereocenters. The highest BCUT2D eigenvalue weighted by molar-refractivity contribution is 9.10. The third-order valence-corrected chi connectivity index (χ3v) is 4.58. The maximum atomic E-state index is 12.0. The van der Waals surface area contributed by atoms with Crippen LogP contribution in [0.5, 0.6) is 0 Å². The van der Waals surface area contributed by atoms with Crippen molar-refractivity contribution in [3.63, 3.8) is 0 Å². The number of amides is 1. The van der Waals surface area contributed by atoms with Crippen molar-refractivity contribution < 1.29 is 4.79 Å². The van der Waals surface area contributed by atoms with Gasteiger partial charge in [0.1, 0.15) is 12.4 Å². The normalized spacial score (nSPS) is 16.4. The second-order valence-electron chi connectivity index (χ2n) is 5.59. The Morgan fingerprint density at radius 2 is 2.04 bits per heavy atom. The van der Waals surface area contributed by atoms with E-state index in [2.05, 4.69) is 39.6 Å².